The molecule has 5 aromatic rings. The number of hydrogen-bond acceptors (Lipinski definition) is 7. The van der Waals surface area contributed by atoms with Crippen LogP contribution in [-0.2, 0) is 13.2 Å². The Balaban J connectivity index is 1.52. The number of nitrogens with zero attached hydrogens (tertiary/aromatic N) is 3. The molecule has 0 fully saturated rings. The summed E-state index contributed by atoms with van der Waals surface area (Å²) in [5.74, 6) is -0.646. The molecule has 0 bridgehead atoms. The van der Waals surface area contributed by atoms with E-state index in [1.165, 1.54) is 12.1 Å². The Labute approximate surface area is 235 Å². The summed E-state index contributed by atoms with van der Waals surface area (Å²) in [4.78, 5) is 29.8. The number of nitrogens with two attached hydrogens (primary N) is 1. The van der Waals surface area contributed by atoms with Crippen LogP contribution in [0.3, 0.4) is 0 Å². The molecule has 0 saturated heterocycles. The van der Waals surface area contributed by atoms with E-state index in [4.69, 9.17) is 26.5 Å². The van der Waals surface area contributed by atoms with E-state index in [1.54, 1.807) is 48.1 Å². The molecule has 9 nitrogen and oxygen atoms in total. The highest BCUT2D eigenvalue weighted by atomic mass is 35.5. The van der Waals surface area contributed by atoms with E-state index in [0.717, 1.165) is 11.3 Å². The second-order valence-corrected chi connectivity index (χ2v) is 10.1. The molecule has 13 heteroatoms. The van der Waals surface area contributed by atoms with Crippen LogP contribution in [0.1, 0.15) is 50.7 Å². The third-order valence-corrected chi connectivity index (χ3v) is 7.36. The molecule has 0 aliphatic rings. The number of furan rings is 1. The average Bonchev–Trinajstić information content (AvgIpc) is 3.65. The molecule has 0 radical (unpaired) electrons. The van der Waals surface area contributed by atoms with Crippen molar-refractivity contribution in [1.29, 1.82) is 0 Å². The highest BCUT2D eigenvalue weighted by Gasteiger charge is 2.27. The summed E-state index contributed by atoms with van der Waals surface area (Å²) >= 11 is 6.70. The lowest BCUT2D eigenvalue weighted by Gasteiger charge is -2.10. The standard InChI is InChI=1S/C27H22ClF2N5O4S/c1-3-35-11-18(13(2)34-35)17-10-19(24(29)30)32-27-21(17)22(23(40-27)25(31)36)33-26(37)20-9-8-16(39-20)12-38-15-6-4-14(28)5-7-15/h4-11,24H,3,12H2,1-2H3,(H2,31,36)(H,33,37). The van der Waals surface area contributed by atoms with Gasteiger partial charge in [-0.05, 0) is 61.9 Å². The molecule has 4 heterocycles. The number of hydrogen-bond donors (Lipinski definition) is 2. The molecule has 3 N–H and O–H groups in total. The first kappa shape index (κ1) is 27.3. The predicted octanol–water partition coefficient (Wildman–Crippen LogP) is 6.60. The highest BCUT2D eigenvalue weighted by molar-refractivity contribution is 7.21. The Kier molecular flexibility index (Phi) is 7.55. The van der Waals surface area contributed by atoms with Gasteiger partial charge in [-0.25, -0.2) is 13.8 Å². The van der Waals surface area contributed by atoms with E-state index >= 15 is 0 Å². The molecule has 0 unspecified atom stereocenters. The lowest BCUT2D eigenvalue weighted by molar-refractivity contribution is 0.0992. The number of rotatable bonds is 9. The molecule has 0 atom stereocenters. The fraction of sp³-hybridized carbons (Fsp3) is 0.185. The maximum atomic E-state index is 13.8. The third-order valence-electron chi connectivity index (χ3n) is 6.01. The zero-order valence-corrected chi connectivity index (χ0v) is 22.8. The lowest BCUT2D eigenvalue weighted by Crippen LogP contribution is -2.16. The van der Waals surface area contributed by atoms with Gasteiger partial charge in [-0.1, -0.05) is 11.6 Å². The van der Waals surface area contributed by atoms with E-state index < -0.39 is 23.9 Å². The van der Waals surface area contributed by atoms with Crippen LogP contribution in [0.15, 0.2) is 53.1 Å². The number of nitrogens with one attached hydrogen (secondary N) is 1. The van der Waals surface area contributed by atoms with Crippen LogP contribution in [0.4, 0.5) is 14.5 Å². The van der Waals surface area contributed by atoms with E-state index in [-0.39, 0.29) is 27.8 Å². The number of fused-ring (bicyclic) bond motifs is 1. The van der Waals surface area contributed by atoms with Gasteiger partial charge in [-0.2, -0.15) is 5.10 Å². The zero-order chi connectivity index (χ0) is 28.6. The molecule has 0 saturated carbocycles. The van der Waals surface area contributed by atoms with Crippen molar-refractivity contribution < 1.29 is 27.5 Å². The number of halogens is 3. The number of amides is 2. The van der Waals surface area contributed by atoms with Crippen LogP contribution in [0.2, 0.25) is 5.02 Å². The minimum Gasteiger partial charge on any atom is -0.486 e. The van der Waals surface area contributed by atoms with Gasteiger partial charge in [0.25, 0.3) is 18.2 Å². The Morgan fingerprint density at radius 1 is 1.20 bits per heavy atom. The molecule has 5 rings (SSSR count). The van der Waals surface area contributed by atoms with Gasteiger partial charge >= 0.3 is 0 Å². The van der Waals surface area contributed by atoms with Crippen molar-refractivity contribution in [1.82, 2.24) is 14.8 Å². The van der Waals surface area contributed by atoms with Crippen LogP contribution in [0.25, 0.3) is 21.3 Å². The van der Waals surface area contributed by atoms with Crippen molar-refractivity contribution in [3.05, 3.63) is 81.5 Å². The fourth-order valence-corrected chi connectivity index (χ4v) is 5.26. The predicted molar refractivity (Wildman–Crippen MR) is 147 cm³/mol. The van der Waals surface area contributed by atoms with Crippen molar-refractivity contribution in [2.45, 2.75) is 33.4 Å². The van der Waals surface area contributed by atoms with E-state index in [9.17, 15) is 18.4 Å². The van der Waals surface area contributed by atoms with Gasteiger partial charge in [-0.15, -0.1) is 11.3 Å². The number of carbonyl (C=O) groups is 2. The highest BCUT2D eigenvalue weighted by Crippen LogP contribution is 2.43. The monoisotopic (exact) mass is 585 g/mol. The molecule has 4 aromatic heterocycles. The summed E-state index contributed by atoms with van der Waals surface area (Å²) < 4.78 is 40.5. The minimum atomic E-state index is -2.86. The maximum Gasteiger partial charge on any atom is 0.291 e. The van der Waals surface area contributed by atoms with Crippen LogP contribution < -0.4 is 15.8 Å². The molecule has 0 aliphatic carbocycles. The molecule has 0 spiro atoms. The van der Waals surface area contributed by atoms with Gasteiger partial charge in [0.05, 0.1) is 11.4 Å². The second-order valence-electron chi connectivity index (χ2n) is 8.69. The number of benzene rings is 1. The number of aromatic nitrogens is 3. The van der Waals surface area contributed by atoms with E-state index in [0.29, 0.717) is 45.3 Å². The number of ether oxygens (including phenoxy) is 1. The minimum absolute atomic E-state index is 0.0399. The molecule has 206 valence electrons. The largest absolute Gasteiger partial charge is 0.486 e. The van der Waals surface area contributed by atoms with Gasteiger partial charge in [0.1, 0.15) is 33.5 Å². The third kappa shape index (κ3) is 5.40. The second kappa shape index (κ2) is 11.1. The average molecular weight is 586 g/mol. The molecule has 40 heavy (non-hydrogen) atoms. The van der Waals surface area contributed by atoms with Gasteiger partial charge in [-0.3, -0.25) is 14.3 Å². The first-order chi connectivity index (χ1) is 19.1. The number of primary amides is 1. The topological polar surface area (TPSA) is 125 Å². The molecular weight excluding hydrogens is 564 g/mol. The van der Waals surface area contributed by atoms with Crippen molar-refractivity contribution in [2.24, 2.45) is 5.73 Å². The first-order valence-corrected chi connectivity index (χ1v) is 13.2. The summed E-state index contributed by atoms with van der Waals surface area (Å²) in [6.45, 7) is 4.24. The SMILES string of the molecule is CCn1cc(-c2cc(C(F)F)nc3sc(C(N)=O)c(NC(=O)c4ccc(COc5ccc(Cl)cc5)o4)c23)c(C)n1. The fourth-order valence-electron chi connectivity index (χ4n) is 4.12. The number of alkyl halides is 2. The Morgan fingerprint density at radius 3 is 2.60 bits per heavy atom. The first-order valence-electron chi connectivity index (χ1n) is 12.0. The molecule has 1 aromatic carbocycles. The van der Waals surface area contributed by atoms with Crippen LogP contribution in [-0.4, -0.2) is 26.6 Å². The Hall–Kier alpha value is -4.29. The maximum absolute atomic E-state index is 13.8. The lowest BCUT2D eigenvalue weighted by atomic mass is 10.0. The smallest absolute Gasteiger partial charge is 0.291 e. The summed E-state index contributed by atoms with van der Waals surface area (Å²) in [5.41, 5.74) is 6.68. The van der Waals surface area contributed by atoms with Crippen LogP contribution >= 0.6 is 22.9 Å². The van der Waals surface area contributed by atoms with Crippen LogP contribution in [0, 0.1) is 6.92 Å². The number of carbonyl (C=O) groups excluding carboxylic acids is 2. The summed E-state index contributed by atoms with van der Waals surface area (Å²) in [5, 5.41) is 7.97. The number of thiophene rings is 1. The van der Waals surface area contributed by atoms with Gasteiger partial charge in [0, 0.05) is 28.7 Å². The van der Waals surface area contributed by atoms with Gasteiger partial charge in [0.2, 0.25) is 0 Å². The summed E-state index contributed by atoms with van der Waals surface area (Å²) in [6, 6.07) is 11.0. The van der Waals surface area contributed by atoms with Crippen molar-refractivity contribution in [3.63, 3.8) is 0 Å². The van der Waals surface area contributed by atoms with Crippen LogP contribution in [0.5, 0.6) is 5.75 Å². The number of aryl methyl sites for hydroxylation is 2. The van der Waals surface area contributed by atoms with Gasteiger partial charge < -0.3 is 20.2 Å². The number of pyridine rings is 1. The normalized spacial score (nSPS) is 11.3. The molecular formula is C27H22ClF2N5O4S. The number of anilines is 1. The summed E-state index contributed by atoms with van der Waals surface area (Å²) in [7, 11) is 0. The van der Waals surface area contributed by atoms with Crippen molar-refractivity contribution in [3.8, 4) is 16.9 Å². The quantitative estimate of drug-likeness (QED) is 0.201. The summed E-state index contributed by atoms with van der Waals surface area (Å²) in [6.07, 6.45) is -1.15. The van der Waals surface area contributed by atoms with Crippen molar-refractivity contribution >= 4 is 50.7 Å². The molecule has 2 amide bonds. The Bertz CT molecular complexity index is 1730. The van der Waals surface area contributed by atoms with E-state index in [1.807, 2.05) is 6.92 Å². The van der Waals surface area contributed by atoms with Gasteiger partial charge in [0.15, 0.2) is 5.76 Å². The Morgan fingerprint density at radius 2 is 1.95 bits per heavy atom. The zero-order valence-electron chi connectivity index (χ0n) is 21.2. The molecule has 0 aliphatic heterocycles. The van der Waals surface area contributed by atoms with E-state index in [2.05, 4.69) is 15.4 Å². The van der Waals surface area contributed by atoms with Crippen molar-refractivity contribution in [2.75, 3.05) is 5.32 Å².